The van der Waals surface area contributed by atoms with E-state index < -0.39 is 40.6 Å². The van der Waals surface area contributed by atoms with Gasteiger partial charge in [-0.2, -0.15) is 0 Å². The lowest BCUT2D eigenvalue weighted by Gasteiger charge is -2.11. The molecular formula is C15H10F5NO. The maximum Gasteiger partial charge on any atom is 0.261 e. The van der Waals surface area contributed by atoms with E-state index in [9.17, 15) is 26.7 Å². The van der Waals surface area contributed by atoms with E-state index in [2.05, 4.69) is 5.32 Å². The minimum absolute atomic E-state index is 0.235. The Morgan fingerprint density at radius 1 is 0.909 bits per heavy atom. The molecule has 1 amide bonds. The van der Waals surface area contributed by atoms with Crippen molar-refractivity contribution in [2.45, 2.75) is 13.3 Å². The second kappa shape index (κ2) is 6.13. The largest absolute Gasteiger partial charge is 0.322 e. The summed E-state index contributed by atoms with van der Waals surface area (Å²) in [5.74, 6) is -12.4. The molecule has 0 aliphatic carbocycles. The summed E-state index contributed by atoms with van der Waals surface area (Å²) >= 11 is 0. The third-order valence-corrected chi connectivity index (χ3v) is 3.08. The lowest BCUT2D eigenvalue weighted by atomic mass is 10.1. The molecule has 2 nitrogen and oxygen atoms in total. The Balaban J connectivity index is 2.47. The molecule has 7 heteroatoms. The first-order valence-corrected chi connectivity index (χ1v) is 6.29. The molecule has 116 valence electrons. The number of halogens is 5. The van der Waals surface area contributed by atoms with Crippen molar-refractivity contribution < 1.29 is 26.7 Å². The summed E-state index contributed by atoms with van der Waals surface area (Å²) in [6.45, 7) is 1.78. The Morgan fingerprint density at radius 3 is 1.95 bits per heavy atom. The molecule has 0 radical (unpaired) electrons. The zero-order valence-electron chi connectivity index (χ0n) is 11.3. The normalized spacial score (nSPS) is 10.6. The first-order valence-electron chi connectivity index (χ1n) is 6.29. The first-order chi connectivity index (χ1) is 10.4. The van der Waals surface area contributed by atoms with E-state index in [1.807, 2.05) is 0 Å². The third kappa shape index (κ3) is 2.66. The molecule has 0 fully saturated rings. The average molecular weight is 315 g/mol. The van der Waals surface area contributed by atoms with Gasteiger partial charge in [-0.05, 0) is 18.1 Å². The van der Waals surface area contributed by atoms with Crippen molar-refractivity contribution in [2.24, 2.45) is 0 Å². The molecule has 0 aliphatic heterocycles. The lowest BCUT2D eigenvalue weighted by molar-refractivity contribution is 0.101. The molecule has 2 aromatic carbocycles. The van der Waals surface area contributed by atoms with E-state index in [-0.39, 0.29) is 5.69 Å². The summed E-state index contributed by atoms with van der Waals surface area (Å²) in [5, 5.41) is 2.16. The zero-order chi connectivity index (χ0) is 16.4. The molecule has 22 heavy (non-hydrogen) atoms. The number of anilines is 1. The highest BCUT2D eigenvalue weighted by Gasteiger charge is 2.29. The Labute approximate surface area is 122 Å². The van der Waals surface area contributed by atoms with Crippen LogP contribution in [0.3, 0.4) is 0 Å². The smallest absolute Gasteiger partial charge is 0.261 e. The second-order valence-corrected chi connectivity index (χ2v) is 4.41. The van der Waals surface area contributed by atoms with Crippen molar-refractivity contribution in [2.75, 3.05) is 5.32 Å². The molecule has 0 saturated heterocycles. The van der Waals surface area contributed by atoms with Gasteiger partial charge in [0, 0.05) is 5.69 Å². The van der Waals surface area contributed by atoms with Gasteiger partial charge in [0.2, 0.25) is 5.82 Å². The minimum Gasteiger partial charge on any atom is -0.322 e. The van der Waals surface area contributed by atoms with E-state index in [0.717, 1.165) is 0 Å². The molecule has 2 rings (SSSR count). The van der Waals surface area contributed by atoms with E-state index in [0.29, 0.717) is 12.0 Å². The van der Waals surface area contributed by atoms with Crippen molar-refractivity contribution in [1.29, 1.82) is 0 Å². The van der Waals surface area contributed by atoms with Gasteiger partial charge in [-0.1, -0.05) is 25.1 Å². The number of carbonyl (C=O) groups is 1. The number of hydrogen-bond donors (Lipinski definition) is 1. The van der Waals surface area contributed by atoms with Crippen molar-refractivity contribution in [3.63, 3.8) is 0 Å². The predicted octanol–water partition coefficient (Wildman–Crippen LogP) is 4.20. The van der Waals surface area contributed by atoms with Crippen LogP contribution in [0.1, 0.15) is 22.8 Å². The fourth-order valence-electron chi connectivity index (χ4n) is 1.94. The highest BCUT2D eigenvalue weighted by molar-refractivity contribution is 6.05. The topological polar surface area (TPSA) is 29.1 Å². The quantitative estimate of drug-likeness (QED) is 0.513. The number of nitrogens with one attached hydrogen (secondary N) is 1. The molecular weight excluding hydrogens is 305 g/mol. The molecule has 0 heterocycles. The first kappa shape index (κ1) is 15.9. The molecule has 0 spiro atoms. The van der Waals surface area contributed by atoms with Crippen LogP contribution in [0.4, 0.5) is 27.6 Å². The molecule has 0 unspecified atom stereocenters. The monoisotopic (exact) mass is 315 g/mol. The van der Waals surface area contributed by atoms with Gasteiger partial charge >= 0.3 is 0 Å². The number of hydrogen-bond acceptors (Lipinski definition) is 1. The number of carbonyl (C=O) groups excluding carboxylic acids is 1. The van der Waals surface area contributed by atoms with Gasteiger partial charge in [-0.25, -0.2) is 22.0 Å². The second-order valence-electron chi connectivity index (χ2n) is 4.41. The maximum atomic E-state index is 13.6. The van der Waals surface area contributed by atoms with E-state index >= 15 is 0 Å². The van der Waals surface area contributed by atoms with Gasteiger partial charge in [-0.3, -0.25) is 4.79 Å². The lowest BCUT2D eigenvalue weighted by Crippen LogP contribution is -2.20. The van der Waals surface area contributed by atoms with Gasteiger partial charge in [-0.15, -0.1) is 0 Å². The Hall–Kier alpha value is -2.44. The maximum absolute atomic E-state index is 13.6. The van der Waals surface area contributed by atoms with Crippen LogP contribution in [0.15, 0.2) is 24.3 Å². The molecule has 2 aromatic rings. The molecule has 0 bridgehead atoms. The summed E-state index contributed by atoms with van der Waals surface area (Å²) in [6.07, 6.45) is 0.507. The minimum atomic E-state index is -2.31. The number of benzene rings is 2. The highest BCUT2D eigenvalue weighted by Crippen LogP contribution is 2.24. The number of amides is 1. The Bertz CT molecular complexity index is 716. The van der Waals surface area contributed by atoms with Crippen LogP contribution < -0.4 is 5.32 Å². The summed E-state index contributed by atoms with van der Waals surface area (Å²) in [6, 6.07) is 6.37. The van der Waals surface area contributed by atoms with Gasteiger partial charge in [0.15, 0.2) is 23.3 Å². The SMILES string of the molecule is CCc1ccccc1NC(=O)c1c(F)c(F)c(F)c(F)c1F. The molecule has 0 atom stereocenters. The summed E-state index contributed by atoms with van der Waals surface area (Å²) in [5.41, 5.74) is -0.624. The van der Waals surface area contributed by atoms with Crippen molar-refractivity contribution >= 4 is 11.6 Å². The number of aryl methyl sites for hydroxylation is 1. The van der Waals surface area contributed by atoms with Gasteiger partial charge < -0.3 is 5.32 Å². The molecule has 0 aromatic heterocycles. The Kier molecular flexibility index (Phi) is 4.44. The summed E-state index contributed by atoms with van der Waals surface area (Å²) in [4.78, 5) is 11.9. The van der Waals surface area contributed by atoms with Crippen molar-refractivity contribution in [1.82, 2.24) is 0 Å². The van der Waals surface area contributed by atoms with Crippen LogP contribution in [-0.2, 0) is 6.42 Å². The summed E-state index contributed by atoms with van der Waals surface area (Å²) < 4.78 is 66.3. The van der Waals surface area contributed by atoms with Crippen LogP contribution in [0.2, 0.25) is 0 Å². The van der Waals surface area contributed by atoms with E-state index in [4.69, 9.17) is 0 Å². The number of rotatable bonds is 3. The molecule has 0 saturated carbocycles. The van der Waals surface area contributed by atoms with Gasteiger partial charge in [0.1, 0.15) is 5.56 Å². The van der Waals surface area contributed by atoms with E-state index in [1.54, 1.807) is 25.1 Å². The predicted molar refractivity (Wildman–Crippen MR) is 70.0 cm³/mol. The Morgan fingerprint density at radius 2 is 1.41 bits per heavy atom. The van der Waals surface area contributed by atoms with Crippen LogP contribution in [-0.4, -0.2) is 5.91 Å². The van der Waals surface area contributed by atoms with Gasteiger partial charge in [0.25, 0.3) is 5.91 Å². The summed E-state index contributed by atoms with van der Waals surface area (Å²) in [7, 11) is 0. The van der Waals surface area contributed by atoms with Crippen molar-refractivity contribution in [3.8, 4) is 0 Å². The average Bonchev–Trinajstić information content (AvgIpc) is 2.51. The van der Waals surface area contributed by atoms with Crippen LogP contribution in [0.5, 0.6) is 0 Å². The highest BCUT2D eigenvalue weighted by atomic mass is 19.2. The standard InChI is InChI=1S/C15H10F5NO/c1-2-7-5-3-4-6-8(7)21-15(22)9-10(16)12(18)14(20)13(19)11(9)17/h3-6H,2H2,1H3,(H,21,22). The van der Waals surface area contributed by atoms with Crippen LogP contribution in [0, 0.1) is 29.1 Å². The fraction of sp³-hybridized carbons (Fsp3) is 0.133. The van der Waals surface area contributed by atoms with Crippen LogP contribution >= 0.6 is 0 Å². The van der Waals surface area contributed by atoms with Crippen LogP contribution in [0.25, 0.3) is 0 Å². The zero-order valence-corrected chi connectivity index (χ0v) is 11.3. The van der Waals surface area contributed by atoms with Gasteiger partial charge in [0.05, 0.1) is 0 Å². The van der Waals surface area contributed by atoms with Crippen molar-refractivity contribution in [3.05, 3.63) is 64.5 Å². The molecule has 0 aliphatic rings. The number of para-hydroxylation sites is 1. The fourth-order valence-corrected chi connectivity index (χ4v) is 1.94. The van der Waals surface area contributed by atoms with E-state index in [1.165, 1.54) is 6.07 Å². The third-order valence-electron chi connectivity index (χ3n) is 3.08. The molecule has 1 N–H and O–H groups in total.